The minimum absolute atomic E-state index is 0.00675. The normalized spacial score (nSPS) is 11.8. The highest BCUT2D eigenvalue weighted by Gasteiger charge is 2.12. The number of carbonyl (C=O) groups excluding carboxylic acids is 1. The van der Waals surface area contributed by atoms with E-state index in [1.165, 1.54) is 18.5 Å². The molecule has 7 heteroatoms. The number of halogens is 1. The Hall–Kier alpha value is -3.22. The van der Waals surface area contributed by atoms with Crippen LogP contribution in [0.1, 0.15) is 24.8 Å². The van der Waals surface area contributed by atoms with Crippen molar-refractivity contribution in [2.75, 3.05) is 11.9 Å². The minimum atomic E-state index is -0.281. The summed E-state index contributed by atoms with van der Waals surface area (Å²) in [6.45, 7) is 2.98. The van der Waals surface area contributed by atoms with Gasteiger partial charge >= 0.3 is 0 Å². The van der Waals surface area contributed by atoms with E-state index in [1.807, 2.05) is 25.1 Å². The number of rotatable bonds is 8. The molecular weight excluding hydrogens is 347 g/mol. The molecule has 6 nitrogen and oxygen atoms in total. The molecule has 0 saturated carbocycles. The molecule has 1 unspecified atom stereocenters. The van der Waals surface area contributed by atoms with Crippen molar-refractivity contribution in [1.29, 1.82) is 0 Å². The lowest BCUT2D eigenvalue weighted by molar-refractivity contribution is -0.116. The lowest BCUT2D eigenvalue weighted by Crippen LogP contribution is -2.14. The maximum absolute atomic E-state index is 13.0. The van der Waals surface area contributed by atoms with Crippen LogP contribution in [-0.4, -0.2) is 27.3 Å². The summed E-state index contributed by atoms with van der Waals surface area (Å²) in [5, 5.41) is 6.89. The summed E-state index contributed by atoms with van der Waals surface area (Å²) in [6, 6.07) is 13.5. The van der Waals surface area contributed by atoms with Crippen LogP contribution in [0.15, 0.2) is 61.2 Å². The summed E-state index contributed by atoms with van der Waals surface area (Å²) < 4.78 is 20.4. The van der Waals surface area contributed by atoms with E-state index in [4.69, 9.17) is 4.74 Å². The van der Waals surface area contributed by atoms with E-state index < -0.39 is 0 Å². The Kier molecular flexibility index (Phi) is 6.14. The molecule has 3 rings (SSSR count). The first-order valence-corrected chi connectivity index (χ1v) is 8.71. The molecule has 0 aliphatic carbocycles. The van der Waals surface area contributed by atoms with Crippen LogP contribution >= 0.6 is 0 Å². The van der Waals surface area contributed by atoms with E-state index in [1.54, 1.807) is 29.2 Å². The third kappa shape index (κ3) is 5.64. The van der Waals surface area contributed by atoms with Gasteiger partial charge in [0.25, 0.3) is 0 Å². The van der Waals surface area contributed by atoms with Crippen LogP contribution in [0, 0.1) is 5.82 Å². The summed E-state index contributed by atoms with van der Waals surface area (Å²) in [4.78, 5) is 16.2. The fourth-order valence-corrected chi connectivity index (χ4v) is 2.67. The second kappa shape index (κ2) is 8.93. The van der Waals surface area contributed by atoms with E-state index in [9.17, 15) is 9.18 Å². The largest absolute Gasteiger partial charge is 0.492 e. The van der Waals surface area contributed by atoms with Gasteiger partial charge in [-0.25, -0.2) is 14.1 Å². The van der Waals surface area contributed by atoms with Crippen molar-refractivity contribution >= 4 is 11.6 Å². The van der Waals surface area contributed by atoms with E-state index in [2.05, 4.69) is 15.4 Å². The van der Waals surface area contributed by atoms with Crippen molar-refractivity contribution in [1.82, 2.24) is 14.8 Å². The van der Waals surface area contributed by atoms with Crippen LogP contribution in [0.5, 0.6) is 5.75 Å². The van der Waals surface area contributed by atoms with Gasteiger partial charge in [-0.2, -0.15) is 5.10 Å². The Morgan fingerprint density at radius 3 is 2.81 bits per heavy atom. The van der Waals surface area contributed by atoms with Gasteiger partial charge in [-0.15, -0.1) is 0 Å². The molecule has 2 aromatic carbocycles. The first kappa shape index (κ1) is 18.6. The number of ether oxygens (including phenoxy) is 1. The molecule has 1 atom stereocenters. The van der Waals surface area contributed by atoms with Crippen LogP contribution in [0.4, 0.5) is 10.1 Å². The number of amides is 1. The fraction of sp³-hybridized carbons (Fsp3) is 0.250. The van der Waals surface area contributed by atoms with Gasteiger partial charge in [0.1, 0.15) is 30.8 Å². The molecule has 0 aliphatic rings. The van der Waals surface area contributed by atoms with Crippen molar-refractivity contribution < 1.29 is 13.9 Å². The van der Waals surface area contributed by atoms with Gasteiger partial charge in [-0.05, 0) is 35.7 Å². The number of carbonyl (C=O) groups is 1. The Balaban J connectivity index is 1.50. The number of nitrogens with zero attached hydrogens (tertiary/aromatic N) is 3. The van der Waals surface area contributed by atoms with Gasteiger partial charge < -0.3 is 10.1 Å². The molecule has 0 bridgehead atoms. The SMILES string of the molecule is CC(CC(=O)Nc1cccc(OCCn2cncn2)c1)c1ccc(F)cc1. The van der Waals surface area contributed by atoms with Crippen LogP contribution in [0.25, 0.3) is 0 Å². The molecule has 0 fully saturated rings. The minimum Gasteiger partial charge on any atom is -0.492 e. The van der Waals surface area contributed by atoms with Crippen LogP contribution < -0.4 is 10.1 Å². The number of nitrogens with one attached hydrogen (secondary N) is 1. The van der Waals surface area contributed by atoms with Crippen LogP contribution in [0.3, 0.4) is 0 Å². The summed E-state index contributed by atoms with van der Waals surface area (Å²) in [7, 11) is 0. The summed E-state index contributed by atoms with van der Waals surface area (Å²) >= 11 is 0. The average Bonchev–Trinajstić information content (AvgIpc) is 3.16. The summed E-state index contributed by atoms with van der Waals surface area (Å²) in [5.74, 6) is 0.273. The molecule has 0 saturated heterocycles. The smallest absolute Gasteiger partial charge is 0.224 e. The van der Waals surface area contributed by atoms with Gasteiger partial charge in [-0.3, -0.25) is 4.79 Å². The zero-order chi connectivity index (χ0) is 19.1. The van der Waals surface area contributed by atoms with Gasteiger partial charge in [0.15, 0.2) is 0 Å². The highest BCUT2D eigenvalue weighted by Crippen LogP contribution is 2.22. The highest BCUT2D eigenvalue weighted by atomic mass is 19.1. The van der Waals surface area contributed by atoms with Crippen molar-refractivity contribution in [2.24, 2.45) is 0 Å². The van der Waals surface area contributed by atoms with Gasteiger partial charge in [-0.1, -0.05) is 25.1 Å². The standard InChI is InChI=1S/C20H21FN4O2/c1-15(16-5-7-17(21)8-6-16)11-20(26)24-18-3-2-4-19(12-18)27-10-9-25-14-22-13-23-25/h2-8,12-15H,9-11H2,1H3,(H,24,26). The molecule has 0 aliphatic heterocycles. The number of hydrogen-bond acceptors (Lipinski definition) is 4. The molecule has 1 amide bonds. The number of anilines is 1. The third-order valence-electron chi connectivity index (χ3n) is 4.10. The number of hydrogen-bond donors (Lipinski definition) is 1. The first-order chi connectivity index (χ1) is 13.1. The van der Waals surface area contributed by atoms with Gasteiger partial charge in [0.05, 0.1) is 6.54 Å². The van der Waals surface area contributed by atoms with Gasteiger partial charge in [0.2, 0.25) is 5.91 Å². The van der Waals surface area contributed by atoms with Crippen molar-refractivity contribution in [3.8, 4) is 5.75 Å². The topological polar surface area (TPSA) is 69.0 Å². The van der Waals surface area contributed by atoms with Crippen LogP contribution in [-0.2, 0) is 11.3 Å². The van der Waals surface area contributed by atoms with Crippen molar-refractivity contribution in [3.63, 3.8) is 0 Å². The number of benzene rings is 2. The maximum atomic E-state index is 13.0. The predicted molar refractivity (Wildman–Crippen MR) is 100 cm³/mol. The molecule has 0 radical (unpaired) electrons. The lowest BCUT2D eigenvalue weighted by atomic mass is 9.97. The molecule has 140 valence electrons. The molecule has 27 heavy (non-hydrogen) atoms. The van der Waals surface area contributed by atoms with Crippen molar-refractivity contribution in [2.45, 2.75) is 25.8 Å². The Morgan fingerprint density at radius 2 is 2.07 bits per heavy atom. The van der Waals surface area contributed by atoms with Crippen molar-refractivity contribution in [3.05, 3.63) is 72.6 Å². The third-order valence-corrected chi connectivity index (χ3v) is 4.10. The Bertz CT molecular complexity index is 866. The average molecular weight is 368 g/mol. The van der Waals surface area contributed by atoms with E-state index in [0.717, 1.165) is 5.56 Å². The molecule has 1 N–H and O–H groups in total. The highest BCUT2D eigenvalue weighted by molar-refractivity contribution is 5.91. The Morgan fingerprint density at radius 1 is 1.26 bits per heavy atom. The van der Waals surface area contributed by atoms with Crippen LogP contribution in [0.2, 0.25) is 0 Å². The van der Waals surface area contributed by atoms with Gasteiger partial charge in [0, 0.05) is 18.2 Å². The molecule has 1 heterocycles. The second-order valence-electron chi connectivity index (χ2n) is 6.24. The predicted octanol–water partition coefficient (Wildman–Crippen LogP) is 3.63. The molecule has 3 aromatic rings. The summed E-state index contributed by atoms with van der Waals surface area (Å²) in [5.41, 5.74) is 1.60. The zero-order valence-electron chi connectivity index (χ0n) is 15.0. The van der Waals surface area contributed by atoms with E-state index in [0.29, 0.717) is 31.0 Å². The zero-order valence-corrected chi connectivity index (χ0v) is 15.0. The maximum Gasteiger partial charge on any atom is 0.224 e. The molecule has 0 spiro atoms. The second-order valence-corrected chi connectivity index (χ2v) is 6.24. The molecule has 1 aromatic heterocycles. The fourth-order valence-electron chi connectivity index (χ4n) is 2.67. The lowest BCUT2D eigenvalue weighted by Gasteiger charge is -2.13. The van der Waals surface area contributed by atoms with E-state index >= 15 is 0 Å². The summed E-state index contributed by atoms with van der Waals surface area (Å²) in [6.07, 6.45) is 3.41. The number of aromatic nitrogens is 3. The monoisotopic (exact) mass is 368 g/mol. The quantitative estimate of drug-likeness (QED) is 0.659. The van der Waals surface area contributed by atoms with E-state index in [-0.39, 0.29) is 17.6 Å². The first-order valence-electron chi connectivity index (χ1n) is 8.71. The Labute approximate surface area is 157 Å². The molecular formula is C20H21FN4O2.